The number of rotatable bonds is 2. The van der Waals surface area contributed by atoms with E-state index in [4.69, 9.17) is 4.74 Å². The minimum absolute atomic E-state index is 0.136. The molecule has 2 nitrogen and oxygen atoms in total. The number of aliphatic hydroxyl groups is 1. The van der Waals surface area contributed by atoms with Gasteiger partial charge in [-0.25, -0.2) is 0 Å². The average molecular weight is 154 g/mol. The second kappa shape index (κ2) is 3.69. The van der Waals surface area contributed by atoms with Gasteiger partial charge in [-0.1, -0.05) is 24.8 Å². The third kappa shape index (κ3) is 2.17. The van der Waals surface area contributed by atoms with Crippen LogP contribution < -0.4 is 0 Å². The van der Waals surface area contributed by atoms with Crippen molar-refractivity contribution < 1.29 is 9.84 Å². The first-order valence-electron chi connectivity index (χ1n) is 3.87. The Morgan fingerprint density at radius 2 is 2.36 bits per heavy atom. The van der Waals surface area contributed by atoms with E-state index in [1.807, 2.05) is 13.0 Å². The molecule has 0 aromatic carbocycles. The molecule has 0 saturated carbocycles. The van der Waals surface area contributed by atoms with Gasteiger partial charge in [0.05, 0.1) is 12.2 Å². The van der Waals surface area contributed by atoms with Crippen molar-refractivity contribution in [2.45, 2.75) is 31.7 Å². The summed E-state index contributed by atoms with van der Waals surface area (Å²) in [5.74, 6) is 0. The minimum Gasteiger partial charge on any atom is -0.390 e. The first kappa shape index (κ1) is 8.50. The Kier molecular flexibility index (Phi) is 2.85. The van der Waals surface area contributed by atoms with Gasteiger partial charge in [0.15, 0.2) is 0 Å². The van der Waals surface area contributed by atoms with Gasteiger partial charge in [-0.15, -0.1) is 0 Å². The highest BCUT2D eigenvalue weighted by molar-refractivity contribution is 5.04. The van der Waals surface area contributed by atoms with E-state index in [0.717, 1.165) is 6.42 Å². The zero-order valence-electron chi connectivity index (χ0n) is 6.73. The lowest BCUT2D eigenvalue weighted by Crippen LogP contribution is -2.17. The molecule has 1 fully saturated rings. The second-order valence-corrected chi connectivity index (χ2v) is 2.83. The van der Waals surface area contributed by atoms with E-state index in [9.17, 15) is 5.11 Å². The van der Waals surface area contributed by atoms with Crippen molar-refractivity contribution in [1.29, 1.82) is 0 Å². The SMILES string of the molecule is C=C/C=C/[C@H]1O[C@H](C)C[C@H]1O. The standard InChI is InChI=1S/C9H14O2/c1-3-4-5-9-8(10)6-7(2)11-9/h3-5,7-10H,1,6H2,2H3/b5-4+/t7-,8-,9-/m1/s1. The maximum absolute atomic E-state index is 9.38. The van der Waals surface area contributed by atoms with E-state index in [-0.39, 0.29) is 18.3 Å². The Morgan fingerprint density at radius 3 is 2.82 bits per heavy atom. The summed E-state index contributed by atoms with van der Waals surface area (Å²) in [7, 11) is 0. The lowest BCUT2D eigenvalue weighted by Gasteiger charge is -2.07. The predicted molar refractivity (Wildman–Crippen MR) is 44.3 cm³/mol. The summed E-state index contributed by atoms with van der Waals surface area (Å²) in [6.07, 6.45) is 5.73. The quantitative estimate of drug-likeness (QED) is 0.607. The van der Waals surface area contributed by atoms with E-state index >= 15 is 0 Å². The van der Waals surface area contributed by atoms with E-state index in [1.165, 1.54) is 0 Å². The number of ether oxygens (including phenoxy) is 1. The van der Waals surface area contributed by atoms with Gasteiger partial charge in [-0.3, -0.25) is 0 Å². The molecule has 0 bridgehead atoms. The van der Waals surface area contributed by atoms with Crippen molar-refractivity contribution in [2.75, 3.05) is 0 Å². The van der Waals surface area contributed by atoms with E-state index in [2.05, 4.69) is 6.58 Å². The molecule has 3 atom stereocenters. The number of hydrogen-bond donors (Lipinski definition) is 1. The number of aliphatic hydroxyl groups excluding tert-OH is 1. The number of allylic oxidation sites excluding steroid dienone is 2. The fraction of sp³-hybridized carbons (Fsp3) is 0.556. The lowest BCUT2D eigenvalue weighted by atomic mass is 10.1. The summed E-state index contributed by atoms with van der Waals surface area (Å²) in [6.45, 7) is 5.50. The monoisotopic (exact) mass is 154 g/mol. The minimum atomic E-state index is -0.346. The molecule has 0 spiro atoms. The molecular formula is C9H14O2. The average Bonchev–Trinajstić information content (AvgIpc) is 2.26. The summed E-state index contributed by atoms with van der Waals surface area (Å²) in [4.78, 5) is 0. The van der Waals surface area contributed by atoms with Crippen LogP contribution in [-0.2, 0) is 4.74 Å². The highest BCUT2D eigenvalue weighted by atomic mass is 16.5. The first-order chi connectivity index (χ1) is 5.24. The smallest absolute Gasteiger partial charge is 0.102 e. The van der Waals surface area contributed by atoms with Gasteiger partial charge in [-0.05, 0) is 6.92 Å². The molecule has 1 rings (SSSR count). The largest absolute Gasteiger partial charge is 0.390 e. The molecule has 1 aliphatic heterocycles. The molecule has 1 saturated heterocycles. The van der Waals surface area contributed by atoms with Crippen LogP contribution in [0, 0.1) is 0 Å². The molecule has 0 aliphatic carbocycles. The van der Waals surface area contributed by atoms with Gasteiger partial charge in [-0.2, -0.15) is 0 Å². The fourth-order valence-electron chi connectivity index (χ4n) is 1.25. The number of hydrogen-bond acceptors (Lipinski definition) is 2. The predicted octanol–water partition coefficient (Wildman–Crippen LogP) is 1.27. The maximum atomic E-state index is 9.38. The molecule has 1 heterocycles. The fourth-order valence-corrected chi connectivity index (χ4v) is 1.25. The summed E-state index contributed by atoms with van der Waals surface area (Å²) in [6, 6.07) is 0. The highest BCUT2D eigenvalue weighted by Gasteiger charge is 2.28. The molecule has 0 radical (unpaired) electrons. The second-order valence-electron chi connectivity index (χ2n) is 2.83. The van der Waals surface area contributed by atoms with Crippen molar-refractivity contribution in [2.24, 2.45) is 0 Å². The lowest BCUT2D eigenvalue weighted by molar-refractivity contribution is 0.0469. The van der Waals surface area contributed by atoms with Crippen LogP contribution >= 0.6 is 0 Å². The third-order valence-electron chi connectivity index (χ3n) is 1.78. The zero-order chi connectivity index (χ0) is 8.27. The van der Waals surface area contributed by atoms with Crippen molar-refractivity contribution in [3.05, 3.63) is 24.8 Å². The van der Waals surface area contributed by atoms with E-state index < -0.39 is 0 Å². The van der Waals surface area contributed by atoms with Crippen LogP contribution in [0.2, 0.25) is 0 Å². The Labute approximate surface area is 67.2 Å². The van der Waals surface area contributed by atoms with Crippen LogP contribution in [0.1, 0.15) is 13.3 Å². The van der Waals surface area contributed by atoms with E-state index in [0.29, 0.717) is 0 Å². The van der Waals surface area contributed by atoms with Crippen LogP contribution in [0.25, 0.3) is 0 Å². The van der Waals surface area contributed by atoms with E-state index in [1.54, 1.807) is 12.2 Å². The molecule has 1 aliphatic rings. The molecule has 0 aromatic rings. The Bertz CT molecular complexity index is 163. The van der Waals surface area contributed by atoms with Gasteiger partial charge in [0.2, 0.25) is 0 Å². The summed E-state index contributed by atoms with van der Waals surface area (Å²) < 4.78 is 5.39. The molecule has 0 amide bonds. The van der Waals surface area contributed by atoms with Crippen molar-refractivity contribution in [3.63, 3.8) is 0 Å². The van der Waals surface area contributed by atoms with Crippen molar-refractivity contribution >= 4 is 0 Å². The van der Waals surface area contributed by atoms with Crippen molar-refractivity contribution in [1.82, 2.24) is 0 Å². The molecule has 62 valence electrons. The van der Waals surface area contributed by atoms with Gasteiger partial charge >= 0.3 is 0 Å². The summed E-state index contributed by atoms with van der Waals surface area (Å²) in [5, 5.41) is 9.38. The topological polar surface area (TPSA) is 29.5 Å². The van der Waals surface area contributed by atoms with Gasteiger partial charge in [0.25, 0.3) is 0 Å². The van der Waals surface area contributed by atoms with Crippen LogP contribution in [0.3, 0.4) is 0 Å². The molecule has 0 aromatic heterocycles. The van der Waals surface area contributed by atoms with Crippen LogP contribution in [0.5, 0.6) is 0 Å². The van der Waals surface area contributed by atoms with Gasteiger partial charge in [0.1, 0.15) is 6.10 Å². The van der Waals surface area contributed by atoms with Crippen molar-refractivity contribution in [3.8, 4) is 0 Å². The normalized spacial score (nSPS) is 38.2. The third-order valence-corrected chi connectivity index (χ3v) is 1.78. The maximum Gasteiger partial charge on any atom is 0.102 e. The summed E-state index contributed by atoms with van der Waals surface area (Å²) in [5.41, 5.74) is 0. The molecule has 0 unspecified atom stereocenters. The Morgan fingerprint density at radius 1 is 1.64 bits per heavy atom. The van der Waals surface area contributed by atoms with Gasteiger partial charge < -0.3 is 9.84 Å². The van der Waals surface area contributed by atoms with Crippen LogP contribution in [-0.4, -0.2) is 23.4 Å². The molecular weight excluding hydrogens is 140 g/mol. The Hall–Kier alpha value is -0.600. The Balaban J connectivity index is 2.46. The molecule has 11 heavy (non-hydrogen) atoms. The van der Waals surface area contributed by atoms with Gasteiger partial charge in [0, 0.05) is 6.42 Å². The highest BCUT2D eigenvalue weighted by Crippen LogP contribution is 2.20. The zero-order valence-corrected chi connectivity index (χ0v) is 6.73. The van der Waals surface area contributed by atoms with Crippen LogP contribution in [0.15, 0.2) is 24.8 Å². The first-order valence-corrected chi connectivity index (χ1v) is 3.87. The molecule has 1 N–H and O–H groups in total. The van der Waals surface area contributed by atoms with Crippen LogP contribution in [0.4, 0.5) is 0 Å². The summed E-state index contributed by atoms with van der Waals surface area (Å²) >= 11 is 0. The molecule has 2 heteroatoms.